The van der Waals surface area contributed by atoms with Crippen LogP contribution in [0.2, 0.25) is 0 Å². The van der Waals surface area contributed by atoms with Gasteiger partial charge in [-0.05, 0) is 76.0 Å². The number of aromatic amines is 1. The Kier molecular flexibility index (Phi) is 2.93. The van der Waals surface area contributed by atoms with Crippen molar-refractivity contribution in [3.8, 4) is 0 Å². The number of benzene rings is 1. The van der Waals surface area contributed by atoms with Crippen LogP contribution in [0.5, 0.6) is 0 Å². The summed E-state index contributed by atoms with van der Waals surface area (Å²) < 4.78 is 0. The van der Waals surface area contributed by atoms with Crippen molar-refractivity contribution in [1.82, 2.24) is 9.88 Å². The van der Waals surface area contributed by atoms with Crippen LogP contribution < -0.4 is 0 Å². The Morgan fingerprint density at radius 3 is 2.71 bits per heavy atom. The normalized spacial score (nSPS) is 22.5. The molecular formula is C18H22N2O. The largest absolute Gasteiger partial charge is 0.361 e. The summed E-state index contributed by atoms with van der Waals surface area (Å²) >= 11 is 0. The number of likely N-dealkylation sites (tertiary alicyclic amines) is 1. The van der Waals surface area contributed by atoms with E-state index in [-0.39, 0.29) is 5.41 Å². The third-order valence-electron chi connectivity index (χ3n) is 5.51. The van der Waals surface area contributed by atoms with E-state index in [1.807, 2.05) is 24.4 Å². The second-order valence-corrected chi connectivity index (χ2v) is 6.84. The van der Waals surface area contributed by atoms with Gasteiger partial charge in [0.1, 0.15) is 0 Å². The molecule has 0 atom stereocenters. The van der Waals surface area contributed by atoms with E-state index in [0.717, 1.165) is 42.4 Å². The summed E-state index contributed by atoms with van der Waals surface area (Å²) in [5.74, 6) is 1.02. The van der Waals surface area contributed by atoms with E-state index < -0.39 is 0 Å². The number of rotatable bonds is 3. The molecule has 1 saturated heterocycles. The zero-order valence-electron chi connectivity index (χ0n) is 12.6. The fraction of sp³-hybridized carbons (Fsp3) is 0.500. The van der Waals surface area contributed by atoms with Gasteiger partial charge >= 0.3 is 0 Å². The molecule has 0 amide bonds. The second-order valence-electron chi connectivity index (χ2n) is 6.84. The van der Waals surface area contributed by atoms with Gasteiger partial charge in [-0.1, -0.05) is 0 Å². The first-order valence-corrected chi connectivity index (χ1v) is 7.99. The molecule has 0 unspecified atom stereocenters. The molecule has 2 aromatic rings. The molecule has 1 aliphatic heterocycles. The Labute approximate surface area is 125 Å². The fourth-order valence-corrected chi connectivity index (χ4v) is 3.96. The summed E-state index contributed by atoms with van der Waals surface area (Å²) in [6.07, 6.45) is 6.46. The van der Waals surface area contributed by atoms with E-state index in [2.05, 4.69) is 23.0 Å². The van der Waals surface area contributed by atoms with Gasteiger partial charge in [-0.3, -0.25) is 4.79 Å². The highest BCUT2D eigenvalue weighted by molar-refractivity contribution is 6.03. The van der Waals surface area contributed by atoms with Crippen LogP contribution in [0, 0.1) is 11.3 Å². The number of nitrogens with zero attached hydrogens (tertiary/aromatic N) is 1. The summed E-state index contributed by atoms with van der Waals surface area (Å²) in [6, 6.07) is 8.16. The quantitative estimate of drug-likeness (QED) is 0.875. The fourth-order valence-electron chi connectivity index (χ4n) is 3.96. The summed E-state index contributed by atoms with van der Waals surface area (Å²) in [4.78, 5) is 18.8. The molecule has 0 radical (unpaired) electrons. The van der Waals surface area contributed by atoms with E-state index in [1.54, 1.807) is 0 Å². The van der Waals surface area contributed by atoms with Gasteiger partial charge in [-0.25, -0.2) is 0 Å². The number of carbonyl (C=O) groups is 1. The maximum Gasteiger partial charge on any atom is 0.169 e. The Balaban J connectivity index is 1.70. The highest BCUT2D eigenvalue weighted by atomic mass is 16.1. The number of hydrogen-bond donors (Lipinski definition) is 1. The predicted octanol–water partition coefficient (Wildman–Crippen LogP) is 3.47. The van der Waals surface area contributed by atoms with Crippen molar-refractivity contribution in [2.45, 2.75) is 25.7 Å². The Morgan fingerprint density at radius 2 is 2.00 bits per heavy atom. The van der Waals surface area contributed by atoms with Gasteiger partial charge in [0.15, 0.2) is 5.78 Å². The van der Waals surface area contributed by atoms with Crippen molar-refractivity contribution in [3.05, 3.63) is 36.0 Å². The number of aromatic nitrogens is 1. The van der Waals surface area contributed by atoms with Crippen molar-refractivity contribution in [1.29, 1.82) is 0 Å². The Bertz CT molecular complexity index is 675. The Hall–Kier alpha value is -1.61. The van der Waals surface area contributed by atoms with Crippen LogP contribution in [0.3, 0.4) is 0 Å². The molecule has 3 heteroatoms. The van der Waals surface area contributed by atoms with Crippen molar-refractivity contribution < 1.29 is 4.79 Å². The third-order valence-corrected chi connectivity index (χ3v) is 5.51. The molecule has 2 heterocycles. The van der Waals surface area contributed by atoms with E-state index in [4.69, 9.17) is 0 Å². The second kappa shape index (κ2) is 4.70. The maximum absolute atomic E-state index is 13.2. The van der Waals surface area contributed by atoms with Gasteiger partial charge in [-0.15, -0.1) is 0 Å². The molecule has 1 aliphatic carbocycles. The highest BCUT2D eigenvalue weighted by Gasteiger charge is 2.51. The van der Waals surface area contributed by atoms with Crippen LogP contribution in [-0.2, 0) is 0 Å². The van der Waals surface area contributed by atoms with Crippen LogP contribution in [0.25, 0.3) is 10.9 Å². The molecule has 1 N–H and O–H groups in total. The number of piperidine rings is 1. The van der Waals surface area contributed by atoms with Crippen LogP contribution in [-0.4, -0.2) is 35.8 Å². The van der Waals surface area contributed by atoms with Crippen LogP contribution in [0.1, 0.15) is 36.0 Å². The van der Waals surface area contributed by atoms with Crippen molar-refractivity contribution in [2.75, 3.05) is 20.1 Å². The van der Waals surface area contributed by atoms with E-state index >= 15 is 0 Å². The molecule has 110 valence electrons. The zero-order chi connectivity index (χ0) is 14.4. The van der Waals surface area contributed by atoms with Crippen LogP contribution in [0.15, 0.2) is 30.5 Å². The van der Waals surface area contributed by atoms with E-state index in [0.29, 0.717) is 11.7 Å². The minimum absolute atomic E-state index is 0.0868. The molecule has 3 nitrogen and oxygen atoms in total. The van der Waals surface area contributed by atoms with Crippen LogP contribution >= 0.6 is 0 Å². The highest BCUT2D eigenvalue weighted by Crippen LogP contribution is 2.53. The SMILES string of the molecule is CN1CCC(C(=O)c2ccc3[nH]ccc3c2)(C2CC2)CC1. The van der Waals surface area contributed by atoms with Crippen LogP contribution in [0.4, 0.5) is 0 Å². The molecule has 2 aliphatic rings. The number of nitrogens with one attached hydrogen (secondary N) is 1. The molecular weight excluding hydrogens is 260 g/mol. The topological polar surface area (TPSA) is 36.1 Å². The van der Waals surface area contributed by atoms with E-state index in [1.165, 1.54) is 12.8 Å². The zero-order valence-corrected chi connectivity index (χ0v) is 12.6. The van der Waals surface area contributed by atoms with Gasteiger partial charge in [-0.2, -0.15) is 0 Å². The first-order valence-electron chi connectivity index (χ1n) is 7.99. The van der Waals surface area contributed by atoms with Crippen molar-refractivity contribution in [3.63, 3.8) is 0 Å². The summed E-state index contributed by atoms with van der Waals surface area (Å²) in [7, 11) is 2.16. The molecule has 0 bridgehead atoms. The molecule has 2 fully saturated rings. The molecule has 1 aromatic heterocycles. The first kappa shape index (κ1) is 13.1. The summed E-state index contributed by atoms with van der Waals surface area (Å²) in [5.41, 5.74) is 1.92. The summed E-state index contributed by atoms with van der Waals surface area (Å²) in [6.45, 7) is 2.10. The smallest absolute Gasteiger partial charge is 0.169 e. The number of Topliss-reactive ketones (excluding diaryl/α,β-unsaturated/α-hetero) is 1. The number of H-pyrrole nitrogens is 1. The van der Waals surface area contributed by atoms with E-state index in [9.17, 15) is 4.79 Å². The van der Waals surface area contributed by atoms with Crippen molar-refractivity contribution in [2.24, 2.45) is 11.3 Å². The maximum atomic E-state index is 13.2. The van der Waals surface area contributed by atoms with Gasteiger partial charge in [0.2, 0.25) is 0 Å². The molecule has 0 spiro atoms. The minimum Gasteiger partial charge on any atom is -0.361 e. The minimum atomic E-state index is -0.0868. The number of hydrogen-bond acceptors (Lipinski definition) is 2. The molecule has 1 saturated carbocycles. The Morgan fingerprint density at radius 1 is 1.24 bits per heavy atom. The van der Waals surface area contributed by atoms with Crippen molar-refractivity contribution >= 4 is 16.7 Å². The summed E-state index contributed by atoms with van der Waals surface area (Å²) in [5, 5.41) is 1.14. The number of fused-ring (bicyclic) bond motifs is 1. The molecule has 1 aromatic carbocycles. The molecule has 21 heavy (non-hydrogen) atoms. The average molecular weight is 282 g/mol. The van der Waals surface area contributed by atoms with Gasteiger partial charge in [0, 0.05) is 28.1 Å². The lowest BCUT2D eigenvalue weighted by atomic mass is 9.69. The third kappa shape index (κ3) is 2.11. The van der Waals surface area contributed by atoms with Gasteiger partial charge in [0.05, 0.1) is 0 Å². The lowest BCUT2D eigenvalue weighted by Gasteiger charge is -2.40. The predicted molar refractivity (Wildman–Crippen MR) is 84.5 cm³/mol. The number of ketones is 1. The van der Waals surface area contributed by atoms with Gasteiger partial charge in [0.25, 0.3) is 0 Å². The standard InChI is InChI=1S/C18H22N2O/c1-20-10-7-18(8-11-20,15-3-4-15)17(21)14-2-5-16-13(12-14)6-9-19-16/h2,5-6,9,12,15,19H,3-4,7-8,10-11H2,1H3. The first-order chi connectivity index (χ1) is 10.2. The number of carbonyl (C=O) groups excluding carboxylic acids is 1. The average Bonchev–Trinajstić information content (AvgIpc) is 3.26. The lowest BCUT2D eigenvalue weighted by Crippen LogP contribution is -2.44. The monoisotopic (exact) mass is 282 g/mol. The lowest BCUT2D eigenvalue weighted by molar-refractivity contribution is 0.0561. The molecule has 4 rings (SSSR count). The van der Waals surface area contributed by atoms with Gasteiger partial charge < -0.3 is 9.88 Å².